The summed E-state index contributed by atoms with van der Waals surface area (Å²) >= 11 is 6.12. The number of hydrogen-bond donors (Lipinski definition) is 2. The third-order valence-electron chi connectivity index (χ3n) is 4.01. The minimum absolute atomic E-state index is 0.0263. The fourth-order valence-electron chi connectivity index (χ4n) is 2.54. The third-order valence-corrected chi connectivity index (χ3v) is 4.30. The van der Waals surface area contributed by atoms with Crippen LogP contribution >= 0.6 is 11.6 Å². The van der Waals surface area contributed by atoms with Crippen molar-refractivity contribution in [2.75, 3.05) is 5.32 Å². The third kappa shape index (κ3) is 5.95. The molecule has 2 N–H and O–H groups in total. The highest BCUT2D eigenvalue weighted by atomic mass is 35.5. The number of aliphatic carboxylic acids is 1. The Hall–Kier alpha value is -3.59. The van der Waals surface area contributed by atoms with Gasteiger partial charge in [0.1, 0.15) is 17.2 Å². The summed E-state index contributed by atoms with van der Waals surface area (Å²) in [6.07, 6.45) is -3.89. The topological polar surface area (TPSA) is 88.5 Å². The van der Waals surface area contributed by atoms with Crippen LogP contribution in [0.5, 0.6) is 11.5 Å². The Balaban J connectivity index is 1.64. The molecule has 0 spiro atoms. The summed E-state index contributed by atoms with van der Waals surface area (Å²) in [5, 5.41) is 11.6. The van der Waals surface area contributed by atoms with Gasteiger partial charge in [0.2, 0.25) is 0 Å². The summed E-state index contributed by atoms with van der Waals surface area (Å²) in [5.41, 5.74) is -0.192. The van der Waals surface area contributed by atoms with E-state index in [-0.39, 0.29) is 17.0 Å². The molecule has 0 radical (unpaired) electrons. The predicted molar refractivity (Wildman–Crippen MR) is 106 cm³/mol. The maximum absolute atomic E-state index is 12.5. The molecule has 0 saturated heterocycles. The fourth-order valence-corrected chi connectivity index (χ4v) is 2.79. The van der Waals surface area contributed by atoms with E-state index in [1.54, 1.807) is 24.3 Å². The molecule has 1 heterocycles. The normalized spacial score (nSPS) is 11.1. The molecule has 0 fully saturated rings. The first-order valence-corrected chi connectivity index (χ1v) is 9.12. The van der Waals surface area contributed by atoms with Gasteiger partial charge in [-0.2, -0.15) is 13.2 Å². The second-order valence-corrected chi connectivity index (χ2v) is 6.75. The lowest BCUT2D eigenvalue weighted by molar-refractivity contribution is -0.141. The van der Waals surface area contributed by atoms with E-state index in [0.29, 0.717) is 22.7 Å². The minimum Gasteiger partial charge on any atom is -0.481 e. The van der Waals surface area contributed by atoms with Gasteiger partial charge in [-0.3, -0.25) is 14.6 Å². The minimum atomic E-state index is -4.58. The van der Waals surface area contributed by atoms with Crippen molar-refractivity contribution in [3.8, 4) is 11.5 Å². The number of nitrogens with zero attached hydrogens (tertiary/aromatic N) is 1. The van der Waals surface area contributed by atoms with Crippen molar-refractivity contribution in [1.82, 2.24) is 4.98 Å². The summed E-state index contributed by atoms with van der Waals surface area (Å²) in [5.74, 6) is -0.869. The molecule has 3 rings (SSSR count). The molecule has 10 heteroatoms. The zero-order valence-electron chi connectivity index (χ0n) is 15.6. The fraction of sp³-hybridized carbons (Fsp3) is 0.0952. The van der Waals surface area contributed by atoms with E-state index in [2.05, 4.69) is 10.3 Å². The van der Waals surface area contributed by atoms with Crippen LogP contribution in [-0.2, 0) is 17.4 Å². The molecule has 3 aromatic rings. The molecule has 1 amide bonds. The largest absolute Gasteiger partial charge is 0.481 e. The van der Waals surface area contributed by atoms with Gasteiger partial charge in [-0.05, 0) is 54.1 Å². The highest BCUT2D eigenvalue weighted by Crippen LogP contribution is 2.31. The molecule has 0 aliphatic rings. The number of benzene rings is 2. The molecule has 1 aromatic heterocycles. The van der Waals surface area contributed by atoms with Gasteiger partial charge in [-0.15, -0.1) is 0 Å². The van der Waals surface area contributed by atoms with Gasteiger partial charge in [0.25, 0.3) is 5.91 Å². The van der Waals surface area contributed by atoms with Crippen LogP contribution in [0.25, 0.3) is 0 Å². The van der Waals surface area contributed by atoms with Crippen LogP contribution in [0.3, 0.4) is 0 Å². The van der Waals surface area contributed by atoms with Crippen LogP contribution in [0.4, 0.5) is 18.9 Å². The van der Waals surface area contributed by atoms with E-state index in [1.165, 1.54) is 18.2 Å². The molecule has 31 heavy (non-hydrogen) atoms. The first-order chi connectivity index (χ1) is 14.6. The predicted octanol–water partition coefficient (Wildman–Crippen LogP) is 5.43. The molecule has 6 nitrogen and oxygen atoms in total. The van der Waals surface area contributed by atoms with Crippen LogP contribution in [0.2, 0.25) is 5.02 Å². The maximum Gasteiger partial charge on any atom is 0.433 e. The average Bonchev–Trinajstić information content (AvgIpc) is 2.70. The van der Waals surface area contributed by atoms with Gasteiger partial charge < -0.3 is 15.2 Å². The highest BCUT2D eigenvalue weighted by molar-refractivity contribution is 6.32. The van der Waals surface area contributed by atoms with E-state index in [0.717, 1.165) is 18.3 Å². The molecule has 0 saturated carbocycles. The number of hydrogen-bond acceptors (Lipinski definition) is 4. The van der Waals surface area contributed by atoms with Crippen molar-refractivity contribution >= 4 is 29.2 Å². The lowest BCUT2D eigenvalue weighted by atomic mass is 10.1. The molecular weight excluding hydrogens is 437 g/mol. The van der Waals surface area contributed by atoms with Crippen molar-refractivity contribution in [3.63, 3.8) is 0 Å². The van der Waals surface area contributed by atoms with Crippen LogP contribution in [-0.4, -0.2) is 22.0 Å². The molecule has 0 aliphatic heterocycles. The number of pyridine rings is 1. The quantitative estimate of drug-likeness (QED) is 0.523. The van der Waals surface area contributed by atoms with Gasteiger partial charge in [-0.1, -0.05) is 17.7 Å². The Kier molecular flexibility index (Phi) is 6.45. The molecular formula is C21H14ClF3N2O4. The number of carbonyl (C=O) groups excluding carboxylic acids is 1. The SMILES string of the molecule is O=C(O)Cc1ccc(Oc2ccc(NC(=O)c3ccc(C(F)(F)F)nc3)cc2)c(Cl)c1. The number of ether oxygens (including phenoxy) is 1. The number of carboxylic acids is 1. The summed E-state index contributed by atoms with van der Waals surface area (Å²) < 4.78 is 43.3. The summed E-state index contributed by atoms with van der Waals surface area (Å²) in [6, 6.07) is 12.6. The zero-order valence-corrected chi connectivity index (χ0v) is 16.4. The maximum atomic E-state index is 12.5. The van der Waals surface area contributed by atoms with E-state index in [1.807, 2.05) is 0 Å². The van der Waals surface area contributed by atoms with Gasteiger partial charge in [-0.25, -0.2) is 0 Å². The first kappa shape index (κ1) is 22.1. The molecule has 0 unspecified atom stereocenters. The van der Waals surface area contributed by atoms with Crippen LogP contribution in [0, 0.1) is 0 Å². The van der Waals surface area contributed by atoms with Crippen molar-refractivity contribution in [2.45, 2.75) is 12.6 Å². The second kappa shape index (κ2) is 9.05. The molecule has 0 bridgehead atoms. The number of carbonyl (C=O) groups is 2. The number of rotatable bonds is 6. The Bertz CT molecular complexity index is 1100. The summed E-state index contributed by atoms with van der Waals surface area (Å²) in [6.45, 7) is 0. The number of nitrogens with one attached hydrogen (secondary N) is 1. The zero-order chi connectivity index (χ0) is 22.6. The van der Waals surface area contributed by atoms with E-state index in [9.17, 15) is 22.8 Å². The van der Waals surface area contributed by atoms with Crippen molar-refractivity contribution in [1.29, 1.82) is 0 Å². The number of alkyl halides is 3. The molecule has 0 aliphatic carbocycles. The average molecular weight is 451 g/mol. The van der Waals surface area contributed by atoms with Crippen molar-refractivity contribution in [3.05, 3.63) is 82.6 Å². The highest BCUT2D eigenvalue weighted by Gasteiger charge is 2.32. The number of carboxylic acid groups (broad SMARTS) is 1. The van der Waals surface area contributed by atoms with Gasteiger partial charge >= 0.3 is 12.1 Å². The second-order valence-electron chi connectivity index (χ2n) is 6.35. The lowest BCUT2D eigenvalue weighted by Gasteiger charge is -2.10. The standard InChI is InChI=1S/C21H14ClF3N2O4/c22-16-9-12(10-19(28)29)1-7-17(16)31-15-5-3-14(4-6-15)27-20(30)13-2-8-18(26-11-13)21(23,24)25/h1-9,11H,10H2,(H,27,30)(H,28,29). The molecule has 0 atom stereocenters. The smallest absolute Gasteiger partial charge is 0.433 e. The number of anilines is 1. The van der Waals surface area contributed by atoms with Gasteiger partial charge in [0.05, 0.1) is 17.0 Å². The van der Waals surface area contributed by atoms with E-state index < -0.39 is 23.7 Å². The van der Waals surface area contributed by atoms with Gasteiger partial charge in [0, 0.05) is 11.9 Å². The monoisotopic (exact) mass is 450 g/mol. The molecule has 2 aromatic carbocycles. The number of amides is 1. The van der Waals surface area contributed by atoms with Crippen LogP contribution in [0.1, 0.15) is 21.6 Å². The summed E-state index contributed by atoms with van der Waals surface area (Å²) in [7, 11) is 0. The lowest BCUT2D eigenvalue weighted by Crippen LogP contribution is -2.14. The van der Waals surface area contributed by atoms with Crippen LogP contribution in [0.15, 0.2) is 60.8 Å². The summed E-state index contributed by atoms with van der Waals surface area (Å²) in [4.78, 5) is 26.2. The Morgan fingerprint density at radius 2 is 1.77 bits per heavy atom. The van der Waals surface area contributed by atoms with Crippen molar-refractivity contribution in [2.24, 2.45) is 0 Å². The number of halogens is 4. The Morgan fingerprint density at radius 1 is 1.06 bits per heavy atom. The van der Waals surface area contributed by atoms with Gasteiger partial charge in [0.15, 0.2) is 0 Å². The molecule has 160 valence electrons. The van der Waals surface area contributed by atoms with E-state index >= 15 is 0 Å². The van der Waals surface area contributed by atoms with E-state index in [4.69, 9.17) is 21.4 Å². The first-order valence-electron chi connectivity index (χ1n) is 8.74. The van der Waals surface area contributed by atoms with Crippen molar-refractivity contribution < 1.29 is 32.6 Å². The Labute approximate surface area is 179 Å². The number of aromatic nitrogens is 1. The Morgan fingerprint density at radius 3 is 2.32 bits per heavy atom. The van der Waals surface area contributed by atoms with Crippen LogP contribution < -0.4 is 10.1 Å².